The molecule has 0 spiro atoms. The van der Waals surface area contributed by atoms with E-state index in [0.717, 1.165) is 5.39 Å². The van der Waals surface area contributed by atoms with Gasteiger partial charge in [-0.25, -0.2) is 8.42 Å². The van der Waals surface area contributed by atoms with Gasteiger partial charge < -0.3 is 10.1 Å². The molecule has 92 valence electrons. The molecule has 0 amide bonds. The van der Waals surface area contributed by atoms with Gasteiger partial charge in [0, 0.05) is 11.1 Å². The van der Waals surface area contributed by atoms with Crippen LogP contribution in [0.5, 0.6) is 5.75 Å². The van der Waals surface area contributed by atoms with E-state index in [4.69, 9.17) is 0 Å². The SMILES string of the molecule is CC(C)S(=O)(=O)Cc1cc2cccc(O)c2[nH]1. The van der Waals surface area contributed by atoms with Gasteiger partial charge in [-0.1, -0.05) is 12.1 Å². The van der Waals surface area contributed by atoms with Crippen molar-refractivity contribution in [3.05, 3.63) is 30.0 Å². The summed E-state index contributed by atoms with van der Waals surface area (Å²) in [7, 11) is -3.12. The monoisotopic (exact) mass is 253 g/mol. The molecule has 1 aromatic carbocycles. The van der Waals surface area contributed by atoms with Crippen LogP contribution in [0, 0.1) is 0 Å². The minimum atomic E-state index is -3.12. The van der Waals surface area contributed by atoms with Crippen molar-refractivity contribution in [2.24, 2.45) is 0 Å². The summed E-state index contributed by atoms with van der Waals surface area (Å²) in [6, 6.07) is 6.89. The standard InChI is InChI=1S/C12H15NO3S/c1-8(2)17(15,16)7-10-6-9-4-3-5-11(14)12(9)13-10/h3-6,8,13-14H,7H2,1-2H3. The number of phenols is 1. The number of rotatable bonds is 3. The molecule has 0 aliphatic heterocycles. The number of H-pyrrole nitrogens is 1. The second-order valence-electron chi connectivity index (χ2n) is 4.39. The fourth-order valence-electron chi connectivity index (χ4n) is 1.66. The molecule has 1 heterocycles. The molecule has 2 aromatic rings. The van der Waals surface area contributed by atoms with Gasteiger partial charge in [-0.15, -0.1) is 0 Å². The third-order valence-electron chi connectivity index (χ3n) is 2.76. The number of para-hydroxylation sites is 1. The van der Waals surface area contributed by atoms with Gasteiger partial charge in [-0.2, -0.15) is 0 Å². The first kappa shape index (κ1) is 12.0. The van der Waals surface area contributed by atoms with Crippen LogP contribution in [0.3, 0.4) is 0 Å². The zero-order valence-electron chi connectivity index (χ0n) is 9.77. The summed E-state index contributed by atoms with van der Waals surface area (Å²) in [4.78, 5) is 2.95. The quantitative estimate of drug-likeness (QED) is 0.881. The van der Waals surface area contributed by atoms with E-state index < -0.39 is 15.1 Å². The lowest BCUT2D eigenvalue weighted by Gasteiger charge is -2.05. The van der Waals surface area contributed by atoms with E-state index in [-0.39, 0.29) is 11.5 Å². The Morgan fingerprint density at radius 2 is 2.06 bits per heavy atom. The summed E-state index contributed by atoms with van der Waals surface area (Å²) < 4.78 is 23.6. The van der Waals surface area contributed by atoms with Crippen LogP contribution in [0.15, 0.2) is 24.3 Å². The highest BCUT2D eigenvalue weighted by Crippen LogP contribution is 2.25. The minimum absolute atomic E-state index is 0.0290. The number of aromatic nitrogens is 1. The number of nitrogens with one attached hydrogen (secondary N) is 1. The van der Waals surface area contributed by atoms with Crippen molar-refractivity contribution in [3.8, 4) is 5.75 Å². The average molecular weight is 253 g/mol. The molecule has 1 aromatic heterocycles. The number of benzene rings is 1. The number of phenolic OH excluding ortho intramolecular Hbond substituents is 1. The smallest absolute Gasteiger partial charge is 0.158 e. The molecular weight excluding hydrogens is 238 g/mol. The van der Waals surface area contributed by atoms with Crippen LogP contribution in [0.4, 0.5) is 0 Å². The topological polar surface area (TPSA) is 70.2 Å². The Bertz CT molecular complexity index is 641. The molecule has 2 N–H and O–H groups in total. The van der Waals surface area contributed by atoms with Crippen LogP contribution in [-0.2, 0) is 15.6 Å². The maximum atomic E-state index is 11.8. The predicted octanol–water partition coefficient (Wildman–Crippen LogP) is 2.20. The second-order valence-corrected chi connectivity index (χ2v) is 6.95. The fourth-order valence-corrected chi connectivity index (χ4v) is 2.58. The number of hydrogen-bond acceptors (Lipinski definition) is 3. The van der Waals surface area contributed by atoms with Gasteiger partial charge >= 0.3 is 0 Å². The van der Waals surface area contributed by atoms with Crippen molar-refractivity contribution in [3.63, 3.8) is 0 Å². The minimum Gasteiger partial charge on any atom is -0.506 e. The Morgan fingerprint density at radius 3 is 2.65 bits per heavy atom. The van der Waals surface area contributed by atoms with Crippen molar-refractivity contribution >= 4 is 20.7 Å². The lowest BCUT2D eigenvalue weighted by molar-refractivity contribution is 0.480. The first-order valence-electron chi connectivity index (χ1n) is 5.41. The second kappa shape index (κ2) is 4.07. The lowest BCUT2D eigenvalue weighted by atomic mass is 10.2. The van der Waals surface area contributed by atoms with E-state index in [1.807, 2.05) is 6.07 Å². The third kappa shape index (κ3) is 2.29. The zero-order valence-corrected chi connectivity index (χ0v) is 10.6. The third-order valence-corrected chi connectivity index (χ3v) is 4.91. The maximum absolute atomic E-state index is 11.8. The molecular formula is C12H15NO3S. The first-order chi connectivity index (χ1) is 7.90. The molecule has 5 heteroatoms. The zero-order chi connectivity index (χ0) is 12.6. The summed E-state index contributed by atoms with van der Waals surface area (Å²) in [6.45, 7) is 3.32. The van der Waals surface area contributed by atoms with Crippen molar-refractivity contribution in [1.82, 2.24) is 4.98 Å². The summed E-state index contributed by atoms with van der Waals surface area (Å²) in [6.07, 6.45) is 0. The van der Waals surface area contributed by atoms with Crippen LogP contribution in [-0.4, -0.2) is 23.8 Å². The molecule has 0 atom stereocenters. The van der Waals surface area contributed by atoms with Crippen molar-refractivity contribution in [1.29, 1.82) is 0 Å². The Hall–Kier alpha value is -1.49. The van der Waals surface area contributed by atoms with Gasteiger partial charge in [-0.05, 0) is 26.0 Å². The lowest BCUT2D eigenvalue weighted by Crippen LogP contribution is -2.16. The van der Waals surface area contributed by atoms with E-state index in [2.05, 4.69) is 4.98 Å². The summed E-state index contributed by atoms with van der Waals surface area (Å²) in [5.74, 6) is 0.106. The number of sulfone groups is 1. The molecule has 17 heavy (non-hydrogen) atoms. The number of aromatic amines is 1. The molecule has 2 rings (SSSR count). The average Bonchev–Trinajstić information content (AvgIpc) is 2.60. The molecule has 0 fully saturated rings. The van der Waals surface area contributed by atoms with Gasteiger partial charge in [0.15, 0.2) is 9.84 Å². The predicted molar refractivity (Wildman–Crippen MR) is 67.7 cm³/mol. The van der Waals surface area contributed by atoms with Crippen LogP contribution in [0.1, 0.15) is 19.5 Å². The van der Waals surface area contributed by atoms with Gasteiger partial charge in [0.25, 0.3) is 0 Å². The number of fused-ring (bicyclic) bond motifs is 1. The highest BCUT2D eigenvalue weighted by molar-refractivity contribution is 7.91. The summed E-state index contributed by atoms with van der Waals surface area (Å²) in [5.41, 5.74) is 1.19. The molecule has 0 bridgehead atoms. The molecule has 0 radical (unpaired) electrons. The molecule has 0 aliphatic rings. The van der Waals surface area contributed by atoms with E-state index in [0.29, 0.717) is 11.2 Å². The van der Waals surface area contributed by atoms with Crippen LogP contribution in [0.25, 0.3) is 10.9 Å². The molecule has 0 unspecified atom stereocenters. The van der Waals surface area contributed by atoms with Crippen molar-refractivity contribution in [2.75, 3.05) is 0 Å². The van der Waals surface area contributed by atoms with Crippen LogP contribution in [0.2, 0.25) is 0 Å². The first-order valence-corrected chi connectivity index (χ1v) is 7.13. The molecule has 4 nitrogen and oxygen atoms in total. The van der Waals surface area contributed by atoms with Gasteiger partial charge in [-0.3, -0.25) is 0 Å². The Kier molecular flexibility index (Phi) is 2.87. The van der Waals surface area contributed by atoms with Crippen molar-refractivity contribution < 1.29 is 13.5 Å². The molecule has 0 saturated heterocycles. The Morgan fingerprint density at radius 1 is 1.35 bits per heavy atom. The van der Waals surface area contributed by atoms with Gasteiger partial charge in [0.05, 0.1) is 16.5 Å². The van der Waals surface area contributed by atoms with E-state index in [9.17, 15) is 13.5 Å². The van der Waals surface area contributed by atoms with Gasteiger partial charge in [0.1, 0.15) is 5.75 Å². The van der Waals surface area contributed by atoms with Crippen LogP contribution < -0.4 is 0 Å². The molecule has 0 aliphatic carbocycles. The Labute approximate surface area is 100 Å². The summed E-state index contributed by atoms with van der Waals surface area (Å²) in [5, 5.41) is 10.0. The van der Waals surface area contributed by atoms with Crippen LogP contribution >= 0.6 is 0 Å². The normalized spacial score (nSPS) is 12.4. The largest absolute Gasteiger partial charge is 0.506 e. The number of hydrogen-bond donors (Lipinski definition) is 2. The molecule has 0 saturated carbocycles. The van der Waals surface area contributed by atoms with E-state index >= 15 is 0 Å². The van der Waals surface area contributed by atoms with Crippen molar-refractivity contribution in [2.45, 2.75) is 24.9 Å². The van der Waals surface area contributed by atoms with E-state index in [1.54, 1.807) is 32.0 Å². The van der Waals surface area contributed by atoms with Gasteiger partial charge in [0.2, 0.25) is 0 Å². The highest BCUT2D eigenvalue weighted by Gasteiger charge is 2.18. The Balaban J connectivity index is 2.42. The number of aromatic hydroxyl groups is 1. The summed E-state index contributed by atoms with van der Waals surface area (Å²) >= 11 is 0. The van der Waals surface area contributed by atoms with E-state index in [1.165, 1.54) is 0 Å². The maximum Gasteiger partial charge on any atom is 0.158 e. The fraction of sp³-hybridized carbons (Fsp3) is 0.333. The highest BCUT2D eigenvalue weighted by atomic mass is 32.2.